The number of rotatable bonds is 5. The van der Waals surface area contributed by atoms with Crippen molar-refractivity contribution in [3.63, 3.8) is 0 Å². The molecular formula is C22H28N2O4. The molecule has 0 aliphatic carbocycles. The van der Waals surface area contributed by atoms with Gasteiger partial charge in [-0.1, -0.05) is 6.07 Å². The van der Waals surface area contributed by atoms with E-state index in [1.165, 1.54) is 5.56 Å². The van der Waals surface area contributed by atoms with Crippen molar-refractivity contribution in [1.29, 1.82) is 0 Å². The molecule has 0 bridgehead atoms. The highest BCUT2D eigenvalue weighted by molar-refractivity contribution is 5.94. The number of methoxy groups -OCH3 is 3. The SMILES string of the molecule is COc1cc(N2CCN(C(=O)c3ccc(C)c(C)c3)CC2)cc(OC)c1OC. The third-order valence-electron chi connectivity index (χ3n) is 5.34. The van der Waals surface area contributed by atoms with Crippen LogP contribution in [0, 0.1) is 13.8 Å². The molecule has 1 fully saturated rings. The van der Waals surface area contributed by atoms with Crippen LogP contribution in [0.15, 0.2) is 30.3 Å². The fraction of sp³-hybridized carbons (Fsp3) is 0.409. The van der Waals surface area contributed by atoms with Gasteiger partial charge in [-0.2, -0.15) is 0 Å². The molecule has 2 aromatic carbocycles. The summed E-state index contributed by atoms with van der Waals surface area (Å²) in [7, 11) is 4.82. The Labute approximate surface area is 166 Å². The van der Waals surface area contributed by atoms with Crippen molar-refractivity contribution in [3.05, 3.63) is 47.0 Å². The molecule has 1 aliphatic heterocycles. The van der Waals surface area contributed by atoms with E-state index in [0.717, 1.165) is 29.9 Å². The molecule has 0 aromatic heterocycles. The Morgan fingerprint density at radius 2 is 1.43 bits per heavy atom. The molecule has 0 saturated carbocycles. The molecule has 1 heterocycles. The monoisotopic (exact) mass is 384 g/mol. The van der Waals surface area contributed by atoms with E-state index in [2.05, 4.69) is 11.8 Å². The lowest BCUT2D eigenvalue weighted by atomic mass is 10.1. The summed E-state index contributed by atoms with van der Waals surface area (Å²) in [5, 5.41) is 0. The predicted molar refractivity (Wildman–Crippen MR) is 110 cm³/mol. The molecule has 3 rings (SSSR count). The molecule has 0 spiro atoms. The van der Waals surface area contributed by atoms with Crippen LogP contribution in [0.5, 0.6) is 17.2 Å². The molecule has 6 heteroatoms. The summed E-state index contributed by atoms with van der Waals surface area (Å²) >= 11 is 0. The summed E-state index contributed by atoms with van der Waals surface area (Å²) in [4.78, 5) is 17.0. The number of benzene rings is 2. The number of carbonyl (C=O) groups is 1. The highest BCUT2D eigenvalue weighted by Crippen LogP contribution is 2.41. The smallest absolute Gasteiger partial charge is 0.253 e. The normalized spacial score (nSPS) is 14.0. The second kappa shape index (κ2) is 8.42. The minimum atomic E-state index is 0.0904. The lowest BCUT2D eigenvalue weighted by Crippen LogP contribution is -2.48. The topological polar surface area (TPSA) is 51.2 Å². The zero-order chi connectivity index (χ0) is 20.3. The van der Waals surface area contributed by atoms with Gasteiger partial charge >= 0.3 is 0 Å². The van der Waals surface area contributed by atoms with E-state index in [1.54, 1.807) is 21.3 Å². The number of aryl methyl sites for hydroxylation is 2. The van der Waals surface area contributed by atoms with Gasteiger partial charge in [-0.3, -0.25) is 4.79 Å². The van der Waals surface area contributed by atoms with E-state index in [1.807, 2.05) is 42.2 Å². The van der Waals surface area contributed by atoms with Crippen LogP contribution in [0.25, 0.3) is 0 Å². The van der Waals surface area contributed by atoms with Crippen LogP contribution < -0.4 is 19.1 Å². The number of amides is 1. The number of nitrogens with zero attached hydrogens (tertiary/aromatic N) is 2. The van der Waals surface area contributed by atoms with E-state index in [4.69, 9.17) is 14.2 Å². The molecule has 150 valence electrons. The Morgan fingerprint density at radius 1 is 0.821 bits per heavy atom. The molecule has 2 aromatic rings. The van der Waals surface area contributed by atoms with E-state index >= 15 is 0 Å². The Hall–Kier alpha value is -2.89. The van der Waals surface area contributed by atoms with Gasteiger partial charge in [-0.15, -0.1) is 0 Å². The second-order valence-electron chi connectivity index (χ2n) is 6.96. The lowest BCUT2D eigenvalue weighted by Gasteiger charge is -2.36. The van der Waals surface area contributed by atoms with E-state index < -0.39 is 0 Å². The fourth-order valence-corrected chi connectivity index (χ4v) is 3.47. The van der Waals surface area contributed by atoms with Crippen LogP contribution in [0.4, 0.5) is 5.69 Å². The molecule has 1 amide bonds. The highest BCUT2D eigenvalue weighted by atomic mass is 16.5. The summed E-state index contributed by atoms with van der Waals surface area (Å²) in [6, 6.07) is 9.79. The number of hydrogen-bond donors (Lipinski definition) is 0. The highest BCUT2D eigenvalue weighted by Gasteiger charge is 2.24. The summed E-state index contributed by atoms with van der Waals surface area (Å²) < 4.78 is 16.3. The van der Waals surface area contributed by atoms with Crippen LogP contribution in [0.3, 0.4) is 0 Å². The number of hydrogen-bond acceptors (Lipinski definition) is 5. The predicted octanol–water partition coefficient (Wildman–Crippen LogP) is 3.29. The maximum absolute atomic E-state index is 12.8. The van der Waals surface area contributed by atoms with Gasteiger partial charge in [0, 0.05) is 49.6 Å². The summed E-state index contributed by atoms with van der Waals surface area (Å²) in [6.07, 6.45) is 0. The Kier molecular flexibility index (Phi) is 5.97. The summed E-state index contributed by atoms with van der Waals surface area (Å²) in [6.45, 7) is 6.92. The van der Waals surface area contributed by atoms with Crippen molar-refractivity contribution in [2.75, 3.05) is 52.4 Å². The third-order valence-corrected chi connectivity index (χ3v) is 5.34. The van der Waals surface area contributed by atoms with Gasteiger partial charge in [-0.25, -0.2) is 0 Å². The molecular weight excluding hydrogens is 356 g/mol. The quantitative estimate of drug-likeness (QED) is 0.792. The standard InChI is InChI=1S/C22H28N2O4/c1-15-6-7-17(12-16(15)2)22(25)24-10-8-23(9-11-24)18-13-19(26-3)21(28-5)20(14-18)27-4/h6-7,12-14H,8-11H2,1-5H3. The zero-order valence-electron chi connectivity index (χ0n) is 17.2. The number of anilines is 1. The first kappa shape index (κ1) is 19.9. The van der Waals surface area contributed by atoms with Gasteiger partial charge in [0.05, 0.1) is 21.3 Å². The first-order valence-corrected chi connectivity index (χ1v) is 9.40. The third kappa shape index (κ3) is 3.86. The van der Waals surface area contributed by atoms with Crippen molar-refractivity contribution < 1.29 is 19.0 Å². The molecule has 0 atom stereocenters. The first-order valence-electron chi connectivity index (χ1n) is 9.40. The number of piperazine rings is 1. The Morgan fingerprint density at radius 3 is 1.93 bits per heavy atom. The summed E-state index contributed by atoms with van der Waals surface area (Å²) in [5.74, 6) is 1.93. The van der Waals surface area contributed by atoms with Crippen LogP contribution in [0.2, 0.25) is 0 Å². The Balaban J connectivity index is 1.73. The average Bonchev–Trinajstić information content (AvgIpc) is 2.74. The van der Waals surface area contributed by atoms with Crippen LogP contribution in [-0.4, -0.2) is 58.3 Å². The molecule has 28 heavy (non-hydrogen) atoms. The Bertz CT molecular complexity index is 833. The van der Waals surface area contributed by atoms with E-state index in [0.29, 0.717) is 30.3 Å². The van der Waals surface area contributed by atoms with Crippen LogP contribution in [0.1, 0.15) is 21.5 Å². The zero-order valence-corrected chi connectivity index (χ0v) is 17.2. The maximum atomic E-state index is 12.8. The van der Waals surface area contributed by atoms with Crippen molar-refractivity contribution in [3.8, 4) is 17.2 Å². The minimum absolute atomic E-state index is 0.0904. The van der Waals surface area contributed by atoms with Crippen molar-refractivity contribution in [2.24, 2.45) is 0 Å². The molecule has 0 N–H and O–H groups in total. The molecule has 0 unspecified atom stereocenters. The van der Waals surface area contributed by atoms with Gasteiger partial charge in [0.25, 0.3) is 5.91 Å². The lowest BCUT2D eigenvalue weighted by molar-refractivity contribution is 0.0746. The average molecular weight is 384 g/mol. The van der Waals surface area contributed by atoms with Gasteiger partial charge in [0.15, 0.2) is 11.5 Å². The van der Waals surface area contributed by atoms with Crippen molar-refractivity contribution in [1.82, 2.24) is 4.90 Å². The molecule has 0 radical (unpaired) electrons. The van der Waals surface area contributed by atoms with Gasteiger partial charge < -0.3 is 24.0 Å². The molecule has 1 aliphatic rings. The van der Waals surface area contributed by atoms with Crippen LogP contribution >= 0.6 is 0 Å². The number of ether oxygens (including phenoxy) is 3. The van der Waals surface area contributed by atoms with Gasteiger partial charge in [-0.05, 0) is 37.1 Å². The second-order valence-corrected chi connectivity index (χ2v) is 6.96. The maximum Gasteiger partial charge on any atom is 0.253 e. The largest absolute Gasteiger partial charge is 0.493 e. The summed E-state index contributed by atoms with van der Waals surface area (Å²) in [5.41, 5.74) is 4.09. The van der Waals surface area contributed by atoms with Gasteiger partial charge in [0.2, 0.25) is 5.75 Å². The van der Waals surface area contributed by atoms with Crippen molar-refractivity contribution in [2.45, 2.75) is 13.8 Å². The van der Waals surface area contributed by atoms with Gasteiger partial charge in [0.1, 0.15) is 0 Å². The molecule has 6 nitrogen and oxygen atoms in total. The van der Waals surface area contributed by atoms with E-state index in [9.17, 15) is 4.79 Å². The first-order chi connectivity index (χ1) is 13.5. The molecule has 1 saturated heterocycles. The van der Waals surface area contributed by atoms with Crippen molar-refractivity contribution >= 4 is 11.6 Å². The fourth-order valence-electron chi connectivity index (χ4n) is 3.47. The number of carbonyl (C=O) groups excluding carboxylic acids is 1. The van der Waals surface area contributed by atoms with Crippen LogP contribution in [-0.2, 0) is 0 Å². The minimum Gasteiger partial charge on any atom is -0.493 e. The van der Waals surface area contributed by atoms with E-state index in [-0.39, 0.29) is 5.91 Å².